The predicted octanol–water partition coefficient (Wildman–Crippen LogP) is 3.49. The zero-order valence-electron chi connectivity index (χ0n) is 11.3. The standard InChI is InChI=1S/C14H23N3/c1-13(2)8-11(9-14(3,4)10-13)17-12-15-6-5-7-16-12/h5-7,11H,8-10H2,1-4H3,(H,15,16,17). The zero-order valence-corrected chi connectivity index (χ0v) is 11.3. The van der Waals surface area contributed by atoms with Crippen LogP contribution in [-0.2, 0) is 0 Å². The monoisotopic (exact) mass is 233 g/mol. The molecule has 2 rings (SSSR count). The van der Waals surface area contributed by atoms with Crippen LogP contribution in [0.25, 0.3) is 0 Å². The van der Waals surface area contributed by atoms with Gasteiger partial charge in [0.2, 0.25) is 5.95 Å². The van der Waals surface area contributed by atoms with E-state index in [-0.39, 0.29) is 0 Å². The zero-order chi connectivity index (χ0) is 12.5. The molecule has 0 atom stereocenters. The highest BCUT2D eigenvalue weighted by Gasteiger charge is 2.38. The molecule has 0 spiro atoms. The van der Waals surface area contributed by atoms with Gasteiger partial charge in [0.05, 0.1) is 0 Å². The first-order chi connectivity index (χ1) is 7.86. The lowest BCUT2D eigenvalue weighted by molar-refractivity contribution is 0.105. The lowest BCUT2D eigenvalue weighted by atomic mass is 9.63. The highest BCUT2D eigenvalue weighted by atomic mass is 15.1. The predicted molar refractivity (Wildman–Crippen MR) is 70.9 cm³/mol. The topological polar surface area (TPSA) is 37.8 Å². The summed E-state index contributed by atoms with van der Waals surface area (Å²) in [4.78, 5) is 8.49. The van der Waals surface area contributed by atoms with Gasteiger partial charge in [-0.25, -0.2) is 9.97 Å². The summed E-state index contributed by atoms with van der Waals surface area (Å²) in [5.74, 6) is 0.756. The van der Waals surface area contributed by atoms with Crippen molar-refractivity contribution in [2.45, 2.75) is 53.0 Å². The Morgan fingerprint density at radius 1 is 1.06 bits per heavy atom. The fraction of sp³-hybridized carbons (Fsp3) is 0.714. The maximum Gasteiger partial charge on any atom is 0.222 e. The smallest absolute Gasteiger partial charge is 0.222 e. The quantitative estimate of drug-likeness (QED) is 0.849. The van der Waals surface area contributed by atoms with E-state index in [1.54, 1.807) is 12.4 Å². The van der Waals surface area contributed by atoms with Crippen molar-refractivity contribution < 1.29 is 0 Å². The summed E-state index contributed by atoms with van der Waals surface area (Å²) in [6.07, 6.45) is 7.24. The largest absolute Gasteiger partial charge is 0.351 e. The fourth-order valence-electron chi connectivity index (χ4n) is 3.50. The molecule has 1 aromatic rings. The van der Waals surface area contributed by atoms with Gasteiger partial charge in [-0.15, -0.1) is 0 Å². The third kappa shape index (κ3) is 3.42. The molecule has 1 heterocycles. The number of nitrogens with one attached hydrogen (secondary N) is 1. The van der Waals surface area contributed by atoms with Crippen LogP contribution in [0.15, 0.2) is 18.5 Å². The molecule has 0 aliphatic heterocycles. The molecule has 3 nitrogen and oxygen atoms in total. The van der Waals surface area contributed by atoms with Crippen molar-refractivity contribution in [3.63, 3.8) is 0 Å². The van der Waals surface area contributed by atoms with Crippen LogP contribution in [0.4, 0.5) is 5.95 Å². The second kappa shape index (κ2) is 4.28. The van der Waals surface area contributed by atoms with Gasteiger partial charge in [-0.05, 0) is 36.2 Å². The number of hydrogen-bond acceptors (Lipinski definition) is 3. The van der Waals surface area contributed by atoms with E-state index < -0.39 is 0 Å². The van der Waals surface area contributed by atoms with Gasteiger partial charge in [0.15, 0.2) is 0 Å². The van der Waals surface area contributed by atoms with E-state index in [1.165, 1.54) is 19.3 Å². The minimum absolute atomic E-state index is 0.397. The third-order valence-electron chi connectivity index (χ3n) is 3.45. The first-order valence-corrected chi connectivity index (χ1v) is 6.40. The van der Waals surface area contributed by atoms with Crippen LogP contribution in [0.5, 0.6) is 0 Å². The lowest BCUT2D eigenvalue weighted by Gasteiger charge is -2.45. The van der Waals surface area contributed by atoms with Crippen molar-refractivity contribution in [1.82, 2.24) is 9.97 Å². The maximum absolute atomic E-state index is 4.25. The van der Waals surface area contributed by atoms with Crippen LogP contribution in [0, 0.1) is 10.8 Å². The summed E-state index contributed by atoms with van der Waals surface area (Å²) in [7, 11) is 0. The molecule has 0 unspecified atom stereocenters. The molecule has 1 aromatic heterocycles. The molecule has 1 fully saturated rings. The van der Waals surface area contributed by atoms with E-state index >= 15 is 0 Å². The molecule has 1 aliphatic carbocycles. The minimum atomic E-state index is 0.397. The van der Waals surface area contributed by atoms with Crippen LogP contribution >= 0.6 is 0 Å². The van der Waals surface area contributed by atoms with Crippen molar-refractivity contribution in [2.24, 2.45) is 10.8 Å². The van der Waals surface area contributed by atoms with E-state index in [1.807, 2.05) is 6.07 Å². The molecule has 94 valence electrons. The summed E-state index contributed by atoms with van der Waals surface area (Å²) < 4.78 is 0. The van der Waals surface area contributed by atoms with Gasteiger partial charge in [-0.2, -0.15) is 0 Å². The van der Waals surface area contributed by atoms with E-state index in [2.05, 4.69) is 43.0 Å². The molecular weight excluding hydrogens is 210 g/mol. The van der Waals surface area contributed by atoms with Crippen LogP contribution < -0.4 is 5.32 Å². The highest BCUT2D eigenvalue weighted by molar-refractivity contribution is 5.25. The van der Waals surface area contributed by atoms with Gasteiger partial charge < -0.3 is 5.32 Å². The minimum Gasteiger partial charge on any atom is -0.351 e. The normalized spacial score (nSPS) is 23.3. The molecular formula is C14H23N3. The number of rotatable bonds is 2. The molecule has 0 radical (unpaired) electrons. The van der Waals surface area contributed by atoms with Crippen molar-refractivity contribution in [3.05, 3.63) is 18.5 Å². The first kappa shape index (κ1) is 12.3. The van der Waals surface area contributed by atoms with Crippen LogP contribution in [-0.4, -0.2) is 16.0 Å². The molecule has 1 aliphatic rings. The Kier molecular flexibility index (Phi) is 3.11. The summed E-state index contributed by atoms with van der Waals surface area (Å²) in [5, 5.41) is 3.47. The first-order valence-electron chi connectivity index (χ1n) is 6.40. The maximum atomic E-state index is 4.25. The molecule has 1 saturated carbocycles. The Morgan fingerprint density at radius 3 is 2.12 bits per heavy atom. The van der Waals surface area contributed by atoms with Crippen LogP contribution in [0.2, 0.25) is 0 Å². The van der Waals surface area contributed by atoms with Gasteiger partial charge in [0.25, 0.3) is 0 Å². The number of aromatic nitrogens is 2. The van der Waals surface area contributed by atoms with Gasteiger partial charge in [-0.3, -0.25) is 0 Å². The lowest BCUT2D eigenvalue weighted by Crippen LogP contribution is -2.40. The molecule has 0 aromatic carbocycles. The Balaban J connectivity index is 2.06. The summed E-state index contributed by atoms with van der Waals surface area (Å²) in [6, 6.07) is 2.33. The van der Waals surface area contributed by atoms with E-state index in [0.717, 1.165) is 5.95 Å². The number of hydrogen-bond donors (Lipinski definition) is 1. The summed E-state index contributed by atoms with van der Waals surface area (Å²) >= 11 is 0. The van der Waals surface area contributed by atoms with Gasteiger partial charge >= 0.3 is 0 Å². The molecule has 17 heavy (non-hydrogen) atoms. The fourth-order valence-corrected chi connectivity index (χ4v) is 3.50. The van der Waals surface area contributed by atoms with Crippen molar-refractivity contribution in [3.8, 4) is 0 Å². The van der Waals surface area contributed by atoms with Crippen molar-refractivity contribution >= 4 is 5.95 Å². The second-order valence-corrected chi connectivity index (χ2v) is 6.83. The second-order valence-electron chi connectivity index (χ2n) is 6.83. The van der Waals surface area contributed by atoms with Crippen LogP contribution in [0.1, 0.15) is 47.0 Å². The molecule has 0 saturated heterocycles. The van der Waals surface area contributed by atoms with Crippen LogP contribution in [0.3, 0.4) is 0 Å². The van der Waals surface area contributed by atoms with Crippen molar-refractivity contribution in [2.75, 3.05) is 5.32 Å². The van der Waals surface area contributed by atoms with E-state index in [0.29, 0.717) is 16.9 Å². The molecule has 1 N–H and O–H groups in total. The van der Waals surface area contributed by atoms with Gasteiger partial charge in [0.1, 0.15) is 0 Å². The third-order valence-corrected chi connectivity index (χ3v) is 3.45. The number of anilines is 1. The van der Waals surface area contributed by atoms with E-state index in [9.17, 15) is 0 Å². The molecule has 0 bridgehead atoms. The Hall–Kier alpha value is -1.12. The Morgan fingerprint density at radius 2 is 1.59 bits per heavy atom. The Bertz CT molecular complexity index is 354. The summed E-state index contributed by atoms with van der Waals surface area (Å²) in [6.45, 7) is 9.42. The van der Waals surface area contributed by atoms with Crippen molar-refractivity contribution in [1.29, 1.82) is 0 Å². The highest BCUT2D eigenvalue weighted by Crippen LogP contribution is 2.46. The van der Waals surface area contributed by atoms with Gasteiger partial charge in [-0.1, -0.05) is 27.7 Å². The number of nitrogens with zero attached hydrogens (tertiary/aromatic N) is 2. The average Bonchev–Trinajstić information content (AvgIpc) is 2.13. The SMILES string of the molecule is CC1(C)CC(Nc2ncccn2)CC(C)(C)C1. The van der Waals surface area contributed by atoms with Gasteiger partial charge in [0, 0.05) is 18.4 Å². The Labute approximate surface area is 104 Å². The molecule has 3 heteroatoms. The summed E-state index contributed by atoms with van der Waals surface area (Å²) in [5.41, 5.74) is 0.794. The average molecular weight is 233 g/mol. The van der Waals surface area contributed by atoms with E-state index in [4.69, 9.17) is 0 Å². The molecule has 0 amide bonds.